The molecular weight excluding hydrogens is 320 g/mol. The van der Waals surface area contributed by atoms with Gasteiger partial charge >= 0.3 is 0 Å². The predicted molar refractivity (Wildman–Crippen MR) is 97.5 cm³/mol. The quantitative estimate of drug-likeness (QED) is 0.740. The van der Waals surface area contributed by atoms with E-state index in [2.05, 4.69) is 4.90 Å². The lowest BCUT2D eigenvalue weighted by Crippen LogP contribution is -2.49. The van der Waals surface area contributed by atoms with Gasteiger partial charge in [-0.1, -0.05) is 38.2 Å². The number of ketones is 1. The summed E-state index contributed by atoms with van der Waals surface area (Å²) < 4.78 is 0. The summed E-state index contributed by atoms with van der Waals surface area (Å²) >= 11 is 1.50. The summed E-state index contributed by atoms with van der Waals surface area (Å²) in [6.07, 6.45) is 8.45. The summed E-state index contributed by atoms with van der Waals surface area (Å²) in [6.45, 7) is 3.63. The molecule has 2 heterocycles. The van der Waals surface area contributed by atoms with Crippen molar-refractivity contribution in [3.8, 4) is 0 Å². The van der Waals surface area contributed by atoms with Crippen molar-refractivity contribution in [3.63, 3.8) is 0 Å². The van der Waals surface area contributed by atoms with Crippen LogP contribution in [0.25, 0.3) is 0 Å². The van der Waals surface area contributed by atoms with E-state index in [0.717, 1.165) is 43.4 Å². The highest BCUT2D eigenvalue weighted by molar-refractivity contribution is 7.12. The maximum absolute atomic E-state index is 12.4. The minimum absolute atomic E-state index is 0.196. The normalized spacial score (nSPS) is 20.2. The van der Waals surface area contributed by atoms with Crippen LogP contribution in [0.1, 0.15) is 54.6 Å². The zero-order chi connectivity index (χ0) is 16.8. The van der Waals surface area contributed by atoms with Crippen LogP contribution < -0.4 is 0 Å². The van der Waals surface area contributed by atoms with Crippen LogP contribution in [-0.2, 0) is 4.79 Å². The van der Waals surface area contributed by atoms with Gasteiger partial charge in [-0.25, -0.2) is 0 Å². The molecule has 1 aliphatic carbocycles. The van der Waals surface area contributed by atoms with Gasteiger partial charge in [-0.05, 0) is 23.8 Å². The minimum atomic E-state index is 0.196. The van der Waals surface area contributed by atoms with Crippen LogP contribution in [0, 0.1) is 5.92 Å². The van der Waals surface area contributed by atoms with Crippen LogP contribution in [0.5, 0.6) is 0 Å². The Bertz CT molecular complexity index is 530. The van der Waals surface area contributed by atoms with E-state index in [4.69, 9.17) is 0 Å². The molecule has 2 aliphatic rings. The van der Waals surface area contributed by atoms with Crippen molar-refractivity contribution in [1.82, 2.24) is 9.80 Å². The van der Waals surface area contributed by atoms with E-state index < -0.39 is 0 Å². The van der Waals surface area contributed by atoms with Gasteiger partial charge in [0.1, 0.15) is 0 Å². The fourth-order valence-corrected chi connectivity index (χ4v) is 4.49. The lowest BCUT2D eigenvalue weighted by atomic mass is 9.86. The first kappa shape index (κ1) is 17.6. The molecule has 3 rings (SSSR count). The first-order chi connectivity index (χ1) is 11.7. The van der Waals surface area contributed by atoms with E-state index in [1.165, 1.54) is 43.4 Å². The Morgan fingerprint density at radius 3 is 2.50 bits per heavy atom. The number of carbonyl (C=O) groups excluding carboxylic acids is 2. The van der Waals surface area contributed by atoms with Crippen LogP contribution in [0.15, 0.2) is 17.5 Å². The Hall–Kier alpha value is -1.20. The van der Waals surface area contributed by atoms with Gasteiger partial charge in [-0.3, -0.25) is 14.5 Å². The maximum atomic E-state index is 12.4. The SMILES string of the molecule is O=C(CN1CCN(C(=O)CCC2CCCCC2)CC1)c1cccs1. The maximum Gasteiger partial charge on any atom is 0.222 e. The summed E-state index contributed by atoms with van der Waals surface area (Å²) in [7, 11) is 0. The highest BCUT2D eigenvalue weighted by Crippen LogP contribution is 2.27. The van der Waals surface area contributed by atoms with Gasteiger partial charge in [0.15, 0.2) is 5.78 Å². The molecule has 0 bridgehead atoms. The van der Waals surface area contributed by atoms with Gasteiger partial charge < -0.3 is 4.90 Å². The number of rotatable bonds is 6. The minimum Gasteiger partial charge on any atom is -0.340 e. The molecule has 132 valence electrons. The van der Waals surface area contributed by atoms with Crippen LogP contribution in [-0.4, -0.2) is 54.2 Å². The van der Waals surface area contributed by atoms with Gasteiger partial charge in [0.25, 0.3) is 0 Å². The number of thiophene rings is 1. The predicted octanol–water partition coefficient (Wildman–Crippen LogP) is 3.44. The molecule has 0 unspecified atom stereocenters. The van der Waals surface area contributed by atoms with Gasteiger partial charge in [-0.15, -0.1) is 11.3 Å². The molecule has 1 aliphatic heterocycles. The number of Topliss-reactive ketones (excluding diaryl/α,β-unsaturated/α-hetero) is 1. The second-order valence-electron chi connectivity index (χ2n) is 7.10. The van der Waals surface area contributed by atoms with E-state index >= 15 is 0 Å². The zero-order valence-electron chi connectivity index (χ0n) is 14.4. The molecule has 5 heteroatoms. The Morgan fingerprint density at radius 1 is 1.08 bits per heavy atom. The van der Waals surface area contributed by atoms with Gasteiger partial charge in [0.05, 0.1) is 11.4 Å². The van der Waals surface area contributed by atoms with E-state index in [1.807, 2.05) is 22.4 Å². The lowest BCUT2D eigenvalue weighted by Gasteiger charge is -2.34. The Balaban J connectivity index is 1.36. The standard InChI is InChI=1S/C19H28N2O2S/c22-17(18-7-4-14-24-18)15-20-10-12-21(13-11-20)19(23)9-8-16-5-2-1-3-6-16/h4,7,14,16H,1-3,5-6,8-13,15H2. The average Bonchev–Trinajstić information content (AvgIpc) is 3.16. The fraction of sp³-hybridized carbons (Fsp3) is 0.684. The third-order valence-electron chi connectivity index (χ3n) is 5.38. The first-order valence-electron chi connectivity index (χ1n) is 9.29. The van der Waals surface area contributed by atoms with E-state index in [9.17, 15) is 9.59 Å². The lowest BCUT2D eigenvalue weighted by molar-refractivity contribution is -0.133. The van der Waals surface area contributed by atoms with Crippen molar-refractivity contribution in [2.24, 2.45) is 5.92 Å². The van der Waals surface area contributed by atoms with Crippen molar-refractivity contribution in [2.75, 3.05) is 32.7 Å². The smallest absolute Gasteiger partial charge is 0.222 e. The molecule has 1 aromatic rings. The third-order valence-corrected chi connectivity index (χ3v) is 6.29. The summed E-state index contributed by atoms with van der Waals surface area (Å²) in [5.41, 5.74) is 0. The van der Waals surface area contributed by atoms with Gasteiger partial charge in [0.2, 0.25) is 5.91 Å². The molecule has 0 atom stereocenters. The topological polar surface area (TPSA) is 40.6 Å². The summed E-state index contributed by atoms with van der Waals surface area (Å²) in [5.74, 6) is 1.28. The number of hydrogen-bond acceptors (Lipinski definition) is 4. The van der Waals surface area contributed by atoms with Gasteiger partial charge in [-0.2, -0.15) is 0 Å². The zero-order valence-corrected chi connectivity index (χ0v) is 15.2. The molecule has 0 N–H and O–H groups in total. The van der Waals surface area contributed by atoms with Crippen molar-refractivity contribution in [3.05, 3.63) is 22.4 Å². The summed E-state index contributed by atoms with van der Waals surface area (Å²) in [6, 6.07) is 3.80. The van der Waals surface area contributed by atoms with Crippen molar-refractivity contribution >= 4 is 23.0 Å². The van der Waals surface area contributed by atoms with Crippen LogP contribution in [0.4, 0.5) is 0 Å². The molecule has 2 fully saturated rings. The number of piperazine rings is 1. The number of carbonyl (C=O) groups is 2. The highest BCUT2D eigenvalue weighted by Gasteiger charge is 2.23. The molecule has 0 aromatic carbocycles. The molecule has 0 radical (unpaired) electrons. The average molecular weight is 349 g/mol. The summed E-state index contributed by atoms with van der Waals surface area (Å²) in [4.78, 5) is 29.6. The monoisotopic (exact) mass is 348 g/mol. The molecule has 1 amide bonds. The van der Waals surface area contributed by atoms with Crippen LogP contribution >= 0.6 is 11.3 Å². The first-order valence-corrected chi connectivity index (χ1v) is 10.2. The summed E-state index contributed by atoms with van der Waals surface area (Å²) in [5, 5.41) is 1.94. The molecule has 1 saturated carbocycles. The third kappa shape index (κ3) is 4.90. The van der Waals surface area contributed by atoms with Crippen LogP contribution in [0.3, 0.4) is 0 Å². The van der Waals surface area contributed by atoms with Crippen LogP contribution in [0.2, 0.25) is 0 Å². The Morgan fingerprint density at radius 2 is 1.83 bits per heavy atom. The Kier molecular flexibility index (Phi) is 6.44. The van der Waals surface area contributed by atoms with Crippen molar-refractivity contribution < 1.29 is 9.59 Å². The number of nitrogens with zero attached hydrogens (tertiary/aromatic N) is 2. The Labute approximate surface area is 148 Å². The fourth-order valence-electron chi connectivity index (χ4n) is 3.84. The second kappa shape index (κ2) is 8.77. The second-order valence-corrected chi connectivity index (χ2v) is 8.05. The molecule has 0 spiro atoms. The molecule has 1 aromatic heterocycles. The molecular formula is C19H28N2O2S. The van der Waals surface area contributed by atoms with E-state index in [-0.39, 0.29) is 5.78 Å². The molecule has 1 saturated heterocycles. The number of hydrogen-bond donors (Lipinski definition) is 0. The van der Waals surface area contributed by atoms with E-state index in [0.29, 0.717) is 18.9 Å². The van der Waals surface area contributed by atoms with Gasteiger partial charge in [0, 0.05) is 32.6 Å². The van der Waals surface area contributed by atoms with Crippen molar-refractivity contribution in [2.45, 2.75) is 44.9 Å². The molecule has 4 nitrogen and oxygen atoms in total. The highest BCUT2D eigenvalue weighted by atomic mass is 32.1. The molecule has 24 heavy (non-hydrogen) atoms. The largest absolute Gasteiger partial charge is 0.340 e. The number of amides is 1. The van der Waals surface area contributed by atoms with Crippen molar-refractivity contribution in [1.29, 1.82) is 0 Å². The van der Waals surface area contributed by atoms with E-state index in [1.54, 1.807) is 0 Å².